The van der Waals surface area contributed by atoms with Gasteiger partial charge < -0.3 is 10.6 Å². The van der Waals surface area contributed by atoms with Crippen molar-refractivity contribution in [3.63, 3.8) is 0 Å². The van der Waals surface area contributed by atoms with Crippen molar-refractivity contribution in [3.8, 4) is 6.07 Å². The van der Waals surface area contributed by atoms with E-state index in [4.69, 9.17) is 16.9 Å². The van der Waals surface area contributed by atoms with Crippen LogP contribution in [0.15, 0.2) is 18.2 Å². The van der Waals surface area contributed by atoms with Crippen LogP contribution in [-0.2, 0) is 4.79 Å². The lowest BCUT2D eigenvalue weighted by molar-refractivity contribution is -0.118. The minimum atomic E-state index is -0.116. The maximum atomic E-state index is 12.4. The molecule has 1 amide bonds. The summed E-state index contributed by atoms with van der Waals surface area (Å²) in [6.45, 7) is 0.934. The molecule has 0 spiro atoms. The number of benzene rings is 1. The van der Waals surface area contributed by atoms with E-state index in [2.05, 4.69) is 10.6 Å². The molecule has 1 aliphatic heterocycles. The number of hydrogen-bond donors (Lipinski definition) is 2. The molecule has 1 aliphatic carbocycles. The molecule has 0 aromatic heterocycles. The average molecular weight is 290 g/mol. The third-order valence-corrected chi connectivity index (χ3v) is 4.70. The Hall–Kier alpha value is -1.57. The molecule has 0 bridgehead atoms. The van der Waals surface area contributed by atoms with Crippen molar-refractivity contribution in [2.45, 2.75) is 25.3 Å². The smallest absolute Gasteiger partial charge is 0.241 e. The highest BCUT2D eigenvalue weighted by atomic mass is 35.5. The highest BCUT2D eigenvalue weighted by Gasteiger charge is 2.42. The lowest BCUT2D eigenvalue weighted by Crippen LogP contribution is -2.39. The molecule has 104 valence electrons. The normalized spacial score (nSPS) is 27.9. The molecule has 1 heterocycles. The number of carbonyl (C=O) groups is 1. The van der Waals surface area contributed by atoms with E-state index in [0.29, 0.717) is 28.1 Å². The quantitative estimate of drug-likeness (QED) is 0.879. The highest BCUT2D eigenvalue weighted by molar-refractivity contribution is 6.33. The van der Waals surface area contributed by atoms with Crippen LogP contribution in [0.1, 0.15) is 24.8 Å². The van der Waals surface area contributed by atoms with Gasteiger partial charge in [-0.1, -0.05) is 18.0 Å². The number of nitrogens with zero attached hydrogens (tertiary/aromatic N) is 1. The number of nitriles is 1. The van der Waals surface area contributed by atoms with Crippen LogP contribution >= 0.6 is 11.6 Å². The summed E-state index contributed by atoms with van der Waals surface area (Å²) in [5.41, 5.74) is 1.06. The Morgan fingerprint density at radius 1 is 1.45 bits per heavy atom. The summed E-state index contributed by atoms with van der Waals surface area (Å²) < 4.78 is 0. The largest absolute Gasteiger partial charge is 0.323 e. The molecule has 1 saturated carbocycles. The number of rotatable bonds is 2. The summed E-state index contributed by atoms with van der Waals surface area (Å²) in [5, 5.41) is 15.4. The molecule has 1 saturated heterocycles. The summed E-state index contributed by atoms with van der Waals surface area (Å²) in [5.74, 6) is 1.07. The first-order valence-corrected chi connectivity index (χ1v) is 7.31. The second-order valence-corrected chi connectivity index (χ2v) is 5.94. The first-order valence-electron chi connectivity index (χ1n) is 6.93. The lowest BCUT2D eigenvalue weighted by atomic mass is 9.93. The van der Waals surface area contributed by atoms with Gasteiger partial charge in [-0.3, -0.25) is 4.79 Å². The van der Waals surface area contributed by atoms with Gasteiger partial charge in [0.2, 0.25) is 5.91 Å². The van der Waals surface area contributed by atoms with Gasteiger partial charge in [0.1, 0.15) is 0 Å². The fourth-order valence-corrected chi connectivity index (χ4v) is 3.60. The van der Waals surface area contributed by atoms with Gasteiger partial charge in [0.05, 0.1) is 28.4 Å². The molecule has 5 heteroatoms. The molecule has 1 aromatic carbocycles. The molecule has 3 unspecified atom stereocenters. The van der Waals surface area contributed by atoms with Crippen molar-refractivity contribution >= 4 is 23.2 Å². The fourth-order valence-electron chi connectivity index (χ4n) is 3.37. The molecule has 2 N–H and O–H groups in total. The van der Waals surface area contributed by atoms with E-state index in [-0.39, 0.29) is 11.9 Å². The molecule has 4 nitrogen and oxygen atoms in total. The number of halogens is 1. The van der Waals surface area contributed by atoms with Gasteiger partial charge in [0.25, 0.3) is 0 Å². The zero-order valence-electron chi connectivity index (χ0n) is 11.0. The van der Waals surface area contributed by atoms with E-state index in [1.165, 1.54) is 12.8 Å². The Kier molecular flexibility index (Phi) is 3.64. The van der Waals surface area contributed by atoms with E-state index in [0.717, 1.165) is 13.0 Å². The average Bonchev–Trinajstić information content (AvgIpc) is 3.03. The molecule has 3 atom stereocenters. The summed E-state index contributed by atoms with van der Waals surface area (Å²) in [6, 6.07) is 6.81. The van der Waals surface area contributed by atoms with Crippen LogP contribution in [0.25, 0.3) is 0 Å². The molecule has 0 radical (unpaired) electrons. The molecular formula is C15H16ClN3O. The summed E-state index contributed by atoms with van der Waals surface area (Å²) in [7, 11) is 0. The third kappa shape index (κ3) is 2.39. The van der Waals surface area contributed by atoms with Gasteiger partial charge in [-0.2, -0.15) is 5.26 Å². The SMILES string of the molecule is N#Cc1ccc(NC(=O)C2NCC3CCCC32)c(Cl)c1. The van der Waals surface area contributed by atoms with E-state index < -0.39 is 0 Å². The van der Waals surface area contributed by atoms with Crippen LogP contribution in [0.2, 0.25) is 5.02 Å². The maximum Gasteiger partial charge on any atom is 0.241 e. The van der Waals surface area contributed by atoms with Gasteiger partial charge in [-0.25, -0.2) is 0 Å². The molecule has 1 aromatic rings. The van der Waals surface area contributed by atoms with Crippen LogP contribution in [-0.4, -0.2) is 18.5 Å². The molecular weight excluding hydrogens is 274 g/mol. The lowest BCUT2D eigenvalue weighted by Gasteiger charge is -2.18. The Bertz CT molecular complexity index is 581. The van der Waals surface area contributed by atoms with Crippen molar-refractivity contribution in [2.24, 2.45) is 11.8 Å². The summed E-state index contributed by atoms with van der Waals surface area (Å²) in [6.07, 6.45) is 3.56. The standard InChI is InChI=1S/C15H16ClN3O/c16-12-6-9(7-17)4-5-13(12)19-15(20)14-11-3-1-2-10(11)8-18-14/h4-6,10-11,14,18H,1-3,8H2,(H,19,20). The van der Waals surface area contributed by atoms with Crippen molar-refractivity contribution in [1.82, 2.24) is 5.32 Å². The van der Waals surface area contributed by atoms with Crippen LogP contribution in [0.4, 0.5) is 5.69 Å². The van der Waals surface area contributed by atoms with Gasteiger partial charge in [0.15, 0.2) is 0 Å². The van der Waals surface area contributed by atoms with Crippen molar-refractivity contribution in [3.05, 3.63) is 28.8 Å². The van der Waals surface area contributed by atoms with Gasteiger partial charge in [0, 0.05) is 0 Å². The van der Waals surface area contributed by atoms with Gasteiger partial charge >= 0.3 is 0 Å². The second-order valence-electron chi connectivity index (χ2n) is 5.54. The monoisotopic (exact) mass is 289 g/mol. The predicted octanol–water partition coefficient (Wildman–Crippen LogP) is 2.54. The number of amides is 1. The number of anilines is 1. The van der Waals surface area contributed by atoms with Gasteiger partial charge in [-0.05, 0) is 49.4 Å². The Balaban J connectivity index is 1.72. The van der Waals surface area contributed by atoms with Crippen molar-refractivity contribution in [1.29, 1.82) is 5.26 Å². The first-order chi connectivity index (χ1) is 9.69. The first kappa shape index (κ1) is 13.4. The summed E-state index contributed by atoms with van der Waals surface area (Å²) >= 11 is 6.08. The second kappa shape index (κ2) is 5.43. The number of carbonyl (C=O) groups excluding carboxylic acids is 1. The van der Waals surface area contributed by atoms with E-state index >= 15 is 0 Å². The van der Waals surface area contributed by atoms with Crippen LogP contribution in [0.5, 0.6) is 0 Å². The number of hydrogen-bond acceptors (Lipinski definition) is 3. The van der Waals surface area contributed by atoms with E-state index in [1.807, 2.05) is 6.07 Å². The van der Waals surface area contributed by atoms with Gasteiger partial charge in [-0.15, -0.1) is 0 Å². The highest BCUT2D eigenvalue weighted by Crippen LogP contribution is 2.38. The van der Waals surface area contributed by atoms with Crippen molar-refractivity contribution < 1.29 is 4.79 Å². The Morgan fingerprint density at radius 2 is 2.30 bits per heavy atom. The number of nitrogens with one attached hydrogen (secondary N) is 2. The third-order valence-electron chi connectivity index (χ3n) is 4.38. The molecule has 3 rings (SSSR count). The Labute approximate surface area is 123 Å². The van der Waals surface area contributed by atoms with E-state index in [1.54, 1.807) is 18.2 Å². The van der Waals surface area contributed by atoms with Crippen molar-refractivity contribution in [2.75, 3.05) is 11.9 Å². The fraction of sp³-hybridized carbons (Fsp3) is 0.467. The molecule has 2 aliphatic rings. The van der Waals surface area contributed by atoms with Crippen LogP contribution < -0.4 is 10.6 Å². The zero-order chi connectivity index (χ0) is 14.1. The van der Waals surface area contributed by atoms with Crippen LogP contribution in [0, 0.1) is 23.2 Å². The maximum absolute atomic E-state index is 12.4. The zero-order valence-corrected chi connectivity index (χ0v) is 11.8. The summed E-state index contributed by atoms with van der Waals surface area (Å²) in [4.78, 5) is 12.4. The molecule has 20 heavy (non-hydrogen) atoms. The minimum Gasteiger partial charge on any atom is -0.323 e. The molecule has 2 fully saturated rings. The predicted molar refractivity (Wildman–Crippen MR) is 77.4 cm³/mol. The van der Waals surface area contributed by atoms with E-state index in [9.17, 15) is 4.79 Å². The Morgan fingerprint density at radius 3 is 3.05 bits per heavy atom. The number of fused-ring (bicyclic) bond motifs is 1. The van der Waals surface area contributed by atoms with Crippen LogP contribution in [0.3, 0.4) is 0 Å². The topological polar surface area (TPSA) is 64.9 Å². The minimum absolute atomic E-state index is 0.0222.